The van der Waals surface area contributed by atoms with Crippen molar-refractivity contribution < 1.29 is 14.3 Å². The van der Waals surface area contributed by atoms with E-state index in [0.717, 1.165) is 30.6 Å². The van der Waals surface area contributed by atoms with E-state index >= 15 is 0 Å². The topological polar surface area (TPSA) is 47.6 Å². The second-order valence-corrected chi connectivity index (χ2v) is 6.98. The van der Waals surface area contributed by atoms with Crippen LogP contribution < -0.4 is 10.1 Å². The van der Waals surface area contributed by atoms with Gasteiger partial charge in [-0.2, -0.15) is 0 Å². The fraction of sp³-hybridized carbons (Fsp3) is 0.421. The van der Waals surface area contributed by atoms with Gasteiger partial charge in [0.05, 0.1) is 7.11 Å². The number of amides is 1. The molecule has 23 heavy (non-hydrogen) atoms. The van der Waals surface area contributed by atoms with Crippen LogP contribution in [0.2, 0.25) is 0 Å². The Bertz CT molecular complexity index is 639. The van der Waals surface area contributed by atoms with E-state index in [0.29, 0.717) is 16.9 Å². The van der Waals surface area contributed by atoms with Crippen molar-refractivity contribution in [3.8, 4) is 5.75 Å². The summed E-state index contributed by atoms with van der Waals surface area (Å²) in [5.74, 6) is 1.34. The minimum atomic E-state index is -0.500. The molecule has 0 spiro atoms. The van der Waals surface area contributed by atoms with Gasteiger partial charge in [0.15, 0.2) is 0 Å². The van der Waals surface area contributed by atoms with Gasteiger partial charge in [0, 0.05) is 17.3 Å². The summed E-state index contributed by atoms with van der Waals surface area (Å²) >= 11 is 0. The zero-order valence-corrected chi connectivity index (χ0v) is 14.4. The highest BCUT2D eigenvalue weighted by atomic mass is 16.5. The molecule has 1 amide bonds. The number of methoxy groups -OCH3 is 1. The number of hydrogen-bond acceptors (Lipinski definition) is 3. The van der Waals surface area contributed by atoms with Crippen molar-refractivity contribution in [2.45, 2.75) is 40.0 Å². The molecule has 1 heterocycles. The van der Waals surface area contributed by atoms with Crippen molar-refractivity contribution >= 4 is 17.4 Å². The standard InChI is InChI=1S/C19H25NO3/c1-13-11-14(7-6-10-19(2,3)4)16-9-8-15(12-17(16)23-13)20-18(21)22-5/h8-9,11-12H,1,6-7,10H2,2-5H3,(H,20,21). The normalized spacial score (nSPS) is 13.7. The fourth-order valence-corrected chi connectivity index (χ4v) is 2.58. The highest BCUT2D eigenvalue weighted by Crippen LogP contribution is 2.38. The second kappa shape index (κ2) is 6.90. The van der Waals surface area contributed by atoms with Gasteiger partial charge in [-0.15, -0.1) is 0 Å². The molecule has 0 saturated heterocycles. The third kappa shape index (κ3) is 4.88. The van der Waals surface area contributed by atoms with Crippen LogP contribution in [0.25, 0.3) is 5.57 Å². The molecule has 0 saturated carbocycles. The third-order valence-corrected chi connectivity index (χ3v) is 3.71. The Labute approximate surface area is 138 Å². The van der Waals surface area contributed by atoms with Gasteiger partial charge in [0.2, 0.25) is 0 Å². The first-order chi connectivity index (χ1) is 10.8. The summed E-state index contributed by atoms with van der Waals surface area (Å²) in [6.07, 6.45) is 4.76. The van der Waals surface area contributed by atoms with Gasteiger partial charge < -0.3 is 9.47 Å². The molecule has 4 heteroatoms. The van der Waals surface area contributed by atoms with Gasteiger partial charge in [-0.3, -0.25) is 5.32 Å². The maximum absolute atomic E-state index is 11.3. The number of allylic oxidation sites excluding steroid dienone is 2. The van der Waals surface area contributed by atoms with E-state index in [9.17, 15) is 4.79 Å². The summed E-state index contributed by atoms with van der Waals surface area (Å²) in [7, 11) is 1.34. The number of carbonyl (C=O) groups is 1. The number of hydrogen-bond donors (Lipinski definition) is 1. The Hall–Kier alpha value is -2.23. The van der Waals surface area contributed by atoms with E-state index in [1.54, 1.807) is 6.07 Å². The largest absolute Gasteiger partial charge is 0.457 e. The highest BCUT2D eigenvalue weighted by Gasteiger charge is 2.18. The van der Waals surface area contributed by atoms with E-state index in [-0.39, 0.29) is 0 Å². The second-order valence-electron chi connectivity index (χ2n) is 6.98. The van der Waals surface area contributed by atoms with Crippen LogP contribution >= 0.6 is 0 Å². The predicted octanol–water partition coefficient (Wildman–Crippen LogP) is 5.37. The molecule has 1 N–H and O–H groups in total. The smallest absolute Gasteiger partial charge is 0.411 e. The molecule has 4 nitrogen and oxygen atoms in total. The maximum atomic E-state index is 11.3. The molecule has 1 aliphatic rings. The number of anilines is 1. The zero-order chi connectivity index (χ0) is 17.0. The Kier molecular flexibility index (Phi) is 5.14. The van der Waals surface area contributed by atoms with Crippen molar-refractivity contribution in [1.82, 2.24) is 0 Å². The van der Waals surface area contributed by atoms with Crippen LogP contribution in [0.4, 0.5) is 10.5 Å². The lowest BCUT2D eigenvalue weighted by molar-refractivity contribution is 0.187. The molecule has 0 aromatic heterocycles. The SMILES string of the molecule is C=C1C=C(CCCC(C)(C)C)c2ccc(NC(=O)OC)cc2O1. The van der Waals surface area contributed by atoms with Crippen LogP contribution in [0.3, 0.4) is 0 Å². The van der Waals surface area contributed by atoms with Gasteiger partial charge in [0.25, 0.3) is 0 Å². The summed E-state index contributed by atoms with van der Waals surface area (Å²) in [5, 5.41) is 2.64. The Balaban J connectivity index is 2.15. The van der Waals surface area contributed by atoms with Crippen molar-refractivity contribution in [3.63, 3.8) is 0 Å². The van der Waals surface area contributed by atoms with E-state index in [1.165, 1.54) is 12.7 Å². The first-order valence-corrected chi connectivity index (χ1v) is 7.85. The molecule has 0 unspecified atom stereocenters. The average molecular weight is 315 g/mol. The molecule has 1 aliphatic heterocycles. The summed E-state index contributed by atoms with van der Waals surface area (Å²) in [6, 6.07) is 5.62. The summed E-state index contributed by atoms with van der Waals surface area (Å²) in [6.45, 7) is 10.7. The number of fused-ring (bicyclic) bond motifs is 1. The van der Waals surface area contributed by atoms with Gasteiger partial charge in [0.1, 0.15) is 11.5 Å². The Morgan fingerprint density at radius 1 is 1.35 bits per heavy atom. The first kappa shape index (κ1) is 17.1. The molecule has 0 fully saturated rings. The van der Waals surface area contributed by atoms with Crippen LogP contribution in [-0.2, 0) is 4.74 Å². The molecule has 0 aliphatic carbocycles. The quantitative estimate of drug-likeness (QED) is 0.812. The van der Waals surface area contributed by atoms with Crippen molar-refractivity contribution in [2.24, 2.45) is 5.41 Å². The lowest BCUT2D eigenvalue weighted by Crippen LogP contribution is -2.11. The Morgan fingerprint density at radius 3 is 2.74 bits per heavy atom. The predicted molar refractivity (Wildman–Crippen MR) is 93.5 cm³/mol. The summed E-state index contributed by atoms with van der Waals surface area (Å²) < 4.78 is 10.3. The molecule has 1 aromatic rings. The van der Waals surface area contributed by atoms with Gasteiger partial charge in [-0.05, 0) is 48.5 Å². The molecule has 0 bridgehead atoms. The van der Waals surface area contributed by atoms with Gasteiger partial charge >= 0.3 is 6.09 Å². The van der Waals surface area contributed by atoms with Crippen molar-refractivity contribution in [2.75, 3.05) is 12.4 Å². The number of nitrogens with one attached hydrogen (secondary N) is 1. The van der Waals surface area contributed by atoms with Crippen LogP contribution in [0.5, 0.6) is 5.75 Å². The monoisotopic (exact) mass is 315 g/mol. The van der Waals surface area contributed by atoms with Gasteiger partial charge in [-0.25, -0.2) is 4.79 Å². The summed E-state index contributed by atoms with van der Waals surface area (Å²) in [4.78, 5) is 11.3. The van der Waals surface area contributed by atoms with E-state index < -0.39 is 6.09 Å². The minimum Gasteiger partial charge on any atom is -0.457 e. The van der Waals surface area contributed by atoms with Crippen LogP contribution in [0.15, 0.2) is 36.6 Å². The lowest BCUT2D eigenvalue weighted by Gasteiger charge is -2.22. The molecule has 0 atom stereocenters. The van der Waals surface area contributed by atoms with Crippen molar-refractivity contribution in [3.05, 3.63) is 42.2 Å². The molecular weight excluding hydrogens is 290 g/mol. The number of benzene rings is 1. The summed E-state index contributed by atoms with van der Waals surface area (Å²) in [5.41, 5.74) is 3.26. The lowest BCUT2D eigenvalue weighted by atomic mass is 9.87. The van der Waals surface area contributed by atoms with Crippen LogP contribution in [0.1, 0.15) is 45.6 Å². The van der Waals surface area contributed by atoms with Gasteiger partial charge in [-0.1, -0.05) is 27.4 Å². The number of carbonyl (C=O) groups excluding carboxylic acids is 1. The van der Waals surface area contributed by atoms with Crippen molar-refractivity contribution in [1.29, 1.82) is 0 Å². The van der Waals surface area contributed by atoms with Crippen LogP contribution in [-0.4, -0.2) is 13.2 Å². The Morgan fingerprint density at radius 2 is 2.09 bits per heavy atom. The van der Waals surface area contributed by atoms with Crippen LogP contribution in [0, 0.1) is 5.41 Å². The molecular formula is C19H25NO3. The average Bonchev–Trinajstić information content (AvgIpc) is 2.45. The molecule has 2 rings (SSSR count). The van der Waals surface area contributed by atoms with E-state index in [4.69, 9.17) is 4.74 Å². The van der Waals surface area contributed by atoms with E-state index in [1.807, 2.05) is 18.2 Å². The van der Waals surface area contributed by atoms with E-state index in [2.05, 4.69) is 37.4 Å². The first-order valence-electron chi connectivity index (χ1n) is 7.85. The highest BCUT2D eigenvalue weighted by molar-refractivity contribution is 5.86. The zero-order valence-electron chi connectivity index (χ0n) is 14.4. The number of rotatable bonds is 4. The molecule has 1 aromatic carbocycles. The third-order valence-electron chi connectivity index (χ3n) is 3.71. The molecule has 124 valence electrons. The number of ether oxygens (including phenoxy) is 2. The maximum Gasteiger partial charge on any atom is 0.411 e. The molecule has 0 radical (unpaired) electrons. The fourth-order valence-electron chi connectivity index (χ4n) is 2.58. The minimum absolute atomic E-state index is 0.333.